The molecule has 0 spiro atoms. The highest BCUT2D eigenvalue weighted by atomic mass is 16.3. The molecule has 0 aliphatic heterocycles. The number of rotatable bonds is 30. The second-order valence-electron chi connectivity index (χ2n) is 11.6. The van der Waals surface area contributed by atoms with E-state index in [0.717, 1.165) is 25.7 Å². The molecule has 0 aromatic rings. The second kappa shape index (κ2) is 30.7. The molecule has 226 valence electrons. The molecule has 0 saturated heterocycles. The smallest absolute Gasteiger partial charge is 0.220 e. The number of allylic oxidation sites excluding steroid dienone is 2. The van der Waals surface area contributed by atoms with Gasteiger partial charge in [-0.25, -0.2) is 0 Å². The van der Waals surface area contributed by atoms with E-state index in [1.54, 1.807) is 0 Å². The fraction of sp³-hybridized carbons (Fsp3) is 0.912. The molecular weight excluding hydrogens is 470 g/mol. The minimum Gasteiger partial charge on any atom is -0.394 e. The number of hydrogen-bond acceptors (Lipinski definition) is 3. The SMILES string of the molecule is CCCCC/C=C\CCCCCCCC(=O)NC(CO)C(O)CCCCCCCCCCCCCCCC. The van der Waals surface area contributed by atoms with Crippen LogP contribution in [0.1, 0.15) is 181 Å². The van der Waals surface area contributed by atoms with E-state index < -0.39 is 12.1 Å². The van der Waals surface area contributed by atoms with Gasteiger partial charge in [0.1, 0.15) is 0 Å². The van der Waals surface area contributed by atoms with Crippen molar-refractivity contribution in [2.45, 2.75) is 193 Å². The third-order valence-electron chi connectivity index (χ3n) is 7.78. The molecule has 0 aliphatic rings. The molecule has 0 radical (unpaired) electrons. The minimum absolute atomic E-state index is 0.0425. The lowest BCUT2D eigenvalue weighted by atomic mass is 10.0. The standard InChI is InChI=1S/C34H67NO3/c1-3-5-7-9-11-13-15-17-18-19-21-23-25-27-29-33(37)32(31-36)35-34(38)30-28-26-24-22-20-16-14-12-10-8-6-4-2/h12,14,32-33,36-37H,3-11,13,15-31H2,1-2H3,(H,35,38)/b14-12-. The van der Waals surface area contributed by atoms with Gasteiger partial charge in [-0.15, -0.1) is 0 Å². The summed E-state index contributed by atoms with van der Waals surface area (Å²) < 4.78 is 0. The average molecular weight is 538 g/mol. The first-order valence-corrected chi connectivity index (χ1v) is 16.9. The zero-order valence-corrected chi connectivity index (χ0v) is 25.7. The highest BCUT2D eigenvalue weighted by Crippen LogP contribution is 2.15. The zero-order chi connectivity index (χ0) is 27.9. The van der Waals surface area contributed by atoms with Crippen molar-refractivity contribution in [1.29, 1.82) is 0 Å². The highest BCUT2D eigenvalue weighted by molar-refractivity contribution is 5.76. The molecule has 4 heteroatoms. The van der Waals surface area contributed by atoms with Crippen molar-refractivity contribution in [3.05, 3.63) is 12.2 Å². The van der Waals surface area contributed by atoms with Crippen LogP contribution in [-0.2, 0) is 4.79 Å². The summed E-state index contributed by atoms with van der Waals surface area (Å²) in [6.45, 7) is 4.31. The summed E-state index contributed by atoms with van der Waals surface area (Å²) in [4.78, 5) is 12.3. The molecule has 4 nitrogen and oxygen atoms in total. The van der Waals surface area contributed by atoms with Gasteiger partial charge in [-0.1, -0.05) is 148 Å². The summed E-state index contributed by atoms with van der Waals surface area (Å²) in [5.74, 6) is -0.0425. The molecule has 0 fully saturated rings. The number of hydrogen-bond donors (Lipinski definition) is 3. The lowest BCUT2D eigenvalue weighted by Gasteiger charge is -2.22. The number of aliphatic hydroxyl groups excluding tert-OH is 2. The Labute approximate surface area is 237 Å². The molecule has 0 aliphatic carbocycles. The number of carbonyl (C=O) groups excluding carboxylic acids is 1. The van der Waals surface area contributed by atoms with Crippen molar-refractivity contribution in [2.24, 2.45) is 0 Å². The van der Waals surface area contributed by atoms with E-state index in [1.807, 2.05) is 0 Å². The molecule has 0 heterocycles. The molecular formula is C34H67NO3. The van der Waals surface area contributed by atoms with Gasteiger partial charge in [0.15, 0.2) is 0 Å². The topological polar surface area (TPSA) is 69.6 Å². The van der Waals surface area contributed by atoms with Gasteiger partial charge in [0.05, 0.1) is 18.8 Å². The maximum Gasteiger partial charge on any atom is 0.220 e. The van der Waals surface area contributed by atoms with Gasteiger partial charge in [0.2, 0.25) is 5.91 Å². The predicted octanol–water partition coefficient (Wildman–Crippen LogP) is 9.56. The number of amides is 1. The van der Waals surface area contributed by atoms with E-state index >= 15 is 0 Å². The van der Waals surface area contributed by atoms with Crippen molar-refractivity contribution in [1.82, 2.24) is 5.32 Å². The number of unbranched alkanes of at least 4 members (excludes halogenated alkanes) is 21. The van der Waals surface area contributed by atoms with E-state index in [0.29, 0.717) is 12.8 Å². The van der Waals surface area contributed by atoms with Crippen LogP contribution in [0.3, 0.4) is 0 Å². The van der Waals surface area contributed by atoms with Gasteiger partial charge in [-0.3, -0.25) is 4.79 Å². The Kier molecular flexibility index (Phi) is 30.0. The second-order valence-corrected chi connectivity index (χ2v) is 11.6. The monoisotopic (exact) mass is 538 g/mol. The zero-order valence-electron chi connectivity index (χ0n) is 25.7. The van der Waals surface area contributed by atoms with E-state index in [-0.39, 0.29) is 12.5 Å². The Morgan fingerprint density at radius 1 is 0.605 bits per heavy atom. The van der Waals surface area contributed by atoms with E-state index in [9.17, 15) is 15.0 Å². The van der Waals surface area contributed by atoms with Crippen molar-refractivity contribution in [2.75, 3.05) is 6.61 Å². The quantitative estimate of drug-likeness (QED) is 0.0631. The van der Waals surface area contributed by atoms with Crippen LogP contribution in [0.25, 0.3) is 0 Å². The molecule has 0 aromatic carbocycles. The lowest BCUT2D eigenvalue weighted by molar-refractivity contribution is -0.123. The molecule has 0 rings (SSSR count). The van der Waals surface area contributed by atoms with Crippen LogP contribution in [0.15, 0.2) is 12.2 Å². The maximum absolute atomic E-state index is 12.3. The summed E-state index contributed by atoms with van der Waals surface area (Å²) in [6, 6.07) is -0.534. The third kappa shape index (κ3) is 26.7. The maximum atomic E-state index is 12.3. The highest BCUT2D eigenvalue weighted by Gasteiger charge is 2.19. The Hall–Kier alpha value is -0.870. The van der Waals surface area contributed by atoms with Crippen molar-refractivity contribution < 1.29 is 15.0 Å². The van der Waals surface area contributed by atoms with Gasteiger partial charge in [0, 0.05) is 6.42 Å². The fourth-order valence-electron chi connectivity index (χ4n) is 5.12. The summed E-state index contributed by atoms with van der Waals surface area (Å²) in [6.07, 6.45) is 35.4. The molecule has 1 amide bonds. The molecule has 0 bridgehead atoms. The molecule has 38 heavy (non-hydrogen) atoms. The van der Waals surface area contributed by atoms with Gasteiger partial charge in [0.25, 0.3) is 0 Å². The van der Waals surface area contributed by atoms with Crippen LogP contribution in [-0.4, -0.2) is 34.9 Å². The summed E-state index contributed by atoms with van der Waals surface area (Å²) in [5.41, 5.74) is 0. The van der Waals surface area contributed by atoms with Crippen LogP contribution in [0, 0.1) is 0 Å². The number of carbonyl (C=O) groups is 1. The average Bonchev–Trinajstić information content (AvgIpc) is 2.92. The van der Waals surface area contributed by atoms with Gasteiger partial charge < -0.3 is 15.5 Å². The van der Waals surface area contributed by atoms with E-state index in [1.165, 1.54) is 128 Å². The van der Waals surface area contributed by atoms with Crippen LogP contribution in [0.5, 0.6) is 0 Å². The van der Waals surface area contributed by atoms with E-state index in [4.69, 9.17) is 0 Å². The fourth-order valence-corrected chi connectivity index (χ4v) is 5.12. The molecule has 0 aromatic heterocycles. The molecule has 3 N–H and O–H groups in total. The first kappa shape index (κ1) is 37.1. The lowest BCUT2D eigenvalue weighted by Crippen LogP contribution is -2.45. The Bertz CT molecular complexity index is 508. The first-order valence-electron chi connectivity index (χ1n) is 16.9. The van der Waals surface area contributed by atoms with E-state index in [2.05, 4.69) is 31.3 Å². The van der Waals surface area contributed by atoms with Gasteiger partial charge >= 0.3 is 0 Å². The molecule has 0 saturated carbocycles. The number of aliphatic hydroxyl groups is 2. The molecule has 2 atom stereocenters. The third-order valence-corrected chi connectivity index (χ3v) is 7.78. The van der Waals surface area contributed by atoms with Crippen LogP contribution in [0.2, 0.25) is 0 Å². The van der Waals surface area contributed by atoms with Crippen molar-refractivity contribution in [3.63, 3.8) is 0 Å². The predicted molar refractivity (Wildman–Crippen MR) is 166 cm³/mol. The van der Waals surface area contributed by atoms with Gasteiger partial charge in [-0.2, -0.15) is 0 Å². The van der Waals surface area contributed by atoms with Crippen LogP contribution < -0.4 is 5.32 Å². The largest absolute Gasteiger partial charge is 0.394 e. The first-order chi connectivity index (χ1) is 18.7. The van der Waals surface area contributed by atoms with Crippen molar-refractivity contribution in [3.8, 4) is 0 Å². The number of nitrogens with one attached hydrogen (secondary N) is 1. The Balaban J connectivity index is 3.58. The minimum atomic E-state index is -0.656. The Morgan fingerprint density at radius 3 is 1.50 bits per heavy atom. The normalized spacial score (nSPS) is 13.3. The van der Waals surface area contributed by atoms with Crippen LogP contribution >= 0.6 is 0 Å². The summed E-state index contributed by atoms with van der Waals surface area (Å²) in [7, 11) is 0. The molecule has 2 unspecified atom stereocenters. The van der Waals surface area contributed by atoms with Crippen LogP contribution in [0.4, 0.5) is 0 Å². The van der Waals surface area contributed by atoms with Crippen molar-refractivity contribution >= 4 is 5.91 Å². The summed E-state index contributed by atoms with van der Waals surface area (Å²) in [5, 5.41) is 23.0. The summed E-state index contributed by atoms with van der Waals surface area (Å²) >= 11 is 0. The van der Waals surface area contributed by atoms with Gasteiger partial charge in [-0.05, 0) is 38.5 Å². The Morgan fingerprint density at radius 2 is 1.00 bits per heavy atom.